The Morgan fingerprint density at radius 3 is 2.19 bits per heavy atom. The molecule has 3 nitrogen and oxygen atoms in total. The van der Waals surface area contributed by atoms with Gasteiger partial charge in [-0.3, -0.25) is 0 Å². The molecule has 1 aliphatic rings. The third kappa shape index (κ3) is 3.35. The van der Waals surface area contributed by atoms with Crippen LogP contribution in [0, 0.1) is 0 Å². The molecule has 7 heteroatoms. The summed E-state index contributed by atoms with van der Waals surface area (Å²) < 4.78 is 59.9. The molecule has 1 N–H and O–H groups in total. The SMILES string of the molecule is CCCS(=O)(=O)CCNC1(C(F)(F)F)CC1. The summed E-state index contributed by atoms with van der Waals surface area (Å²) in [5.41, 5.74) is -1.81. The molecule has 1 rings (SSSR count). The second kappa shape index (κ2) is 4.52. The van der Waals surface area contributed by atoms with Gasteiger partial charge in [-0.1, -0.05) is 6.92 Å². The molecule has 0 spiro atoms. The summed E-state index contributed by atoms with van der Waals surface area (Å²) in [6.07, 6.45) is -3.69. The van der Waals surface area contributed by atoms with Crippen molar-refractivity contribution in [3.05, 3.63) is 0 Å². The lowest BCUT2D eigenvalue weighted by Crippen LogP contribution is -2.46. The minimum atomic E-state index is -4.28. The maximum Gasteiger partial charge on any atom is 0.406 e. The Kier molecular flexibility index (Phi) is 3.89. The summed E-state index contributed by atoms with van der Waals surface area (Å²) in [7, 11) is -3.20. The van der Waals surface area contributed by atoms with Gasteiger partial charge in [-0.15, -0.1) is 0 Å². The number of nitrogens with one attached hydrogen (secondary N) is 1. The molecule has 0 aromatic heterocycles. The maximum atomic E-state index is 12.5. The zero-order valence-electron chi connectivity index (χ0n) is 9.10. The molecule has 0 bridgehead atoms. The van der Waals surface area contributed by atoms with Gasteiger partial charge in [-0.25, -0.2) is 8.42 Å². The maximum absolute atomic E-state index is 12.5. The Hall–Kier alpha value is -0.300. The summed E-state index contributed by atoms with van der Waals surface area (Å²) in [5, 5.41) is 2.32. The molecule has 0 saturated heterocycles. The fourth-order valence-corrected chi connectivity index (χ4v) is 2.78. The lowest BCUT2D eigenvalue weighted by Gasteiger charge is -2.20. The predicted octanol–water partition coefficient (Wildman–Crippen LogP) is 1.50. The van der Waals surface area contributed by atoms with E-state index in [0.29, 0.717) is 6.42 Å². The highest BCUT2D eigenvalue weighted by Crippen LogP contribution is 2.48. The quantitative estimate of drug-likeness (QED) is 0.786. The van der Waals surface area contributed by atoms with Crippen molar-refractivity contribution >= 4 is 9.84 Å². The fourth-order valence-electron chi connectivity index (χ4n) is 1.54. The van der Waals surface area contributed by atoms with Gasteiger partial charge in [0.2, 0.25) is 0 Å². The van der Waals surface area contributed by atoms with Crippen LogP contribution in [0.15, 0.2) is 0 Å². The highest BCUT2D eigenvalue weighted by Gasteiger charge is 2.62. The summed E-state index contributed by atoms with van der Waals surface area (Å²) in [5.74, 6) is -0.188. The lowest BCUT2D eigenvalue weighted by atomic mass is 10.2. The molecule has 0 unspecified atom stereocenters. The van der Waals surface area contributed by atoms with Gasteiger partial charge in [0.1, 0.15) is 5.54 Å². The van der Waals surface area contributed by atoms with Gasteiger partial charge in [0.05, 0.1) is 5.75 Å². The van der Waals surface area contributed by atoms with Crippen molar-refractivity contribution in [3.8, 4) is 0 Å². The van der Waals surface area contributed by atoms with Crippen LogP contribution in [0.3, 0.4) is 0 Å². The Balaban J connectivity index is 2.37. The summed E-state index contributed by atoms with van der Waals surface area (Å²) >= 11 is 0. The molecular weight excluding hydrogens is 243 g/mol. The molecule has 1 fully saturated rings. The molecule has 1 aliphatic carbocycles. The van der Waals surface area contributed by atoms with E-state index in [4.69, 9.17) is 0 Å². The molecule has 0 heterocycles. The average Bonchev–Trinajstić information content (AvgIpc) is 2.83. The topological polar surface area (TPSA) is 46.2 Å². The van der Waals surface area contributed by atoms with Gasteiger partial charge in [-0.2, -0.15) is 13.2 Å². The first-order chi connectivity index (χ1) is 7.22. The van der Waals surface area contributed by atoms with E-state index in [1.54, 1.807) is 6.92 Å². The third-order valence-electron chi connectivity index (χ3n) is 2.68. The molecule has 16 heavy (non-hydrogen) atoms. The Bertz CT molecular complexity index is 333. The van der Waals surface area contributed by atoms with Crippen LogP contribution in [0.2, 0.25) is 0 Å². The van der Waals surface area contributed by atoms with Crippen LogP contribution in [0.25, 0.3) is 0 Å². The Labute approximate surface area is 93.3 Å². The van der Waals surface area contributed by atoms with E-state index < -0.39 is 21.6 Å². The zero-order chi connectivity index (χ0) is 12.4. The molecule has 96 valence electrons. The van der Waals surface area contributed by atoms with Crippen molar-refractivity contribution < 1.29 is 21.6 Å². The number of sulfone groups is 1. The van der Waals surface area contributed by atoms with Crippen LogP contribution >= 0.6 is 0 Å². The van der Waals surface area contributed by atoms with E-state index in [-0.39, 0.29) is 30.9 Å². The van der Waals surface area contributed by atoms with E-state index in [1.165, 1.54) is 0 Å². The fraction of sp³-hybridized carbons (Fsp3) is 1.00. The van der Waals surface area contributed by atoms with Gasteiger partial charge in [0.25, 0.3) is 0 Å². The van der Waals surface area contributed by atoms with E-state index in [1.807, 2.05) is 0 Å². The van der Waals surface area contributed by atoms with Crippen molar-refractivity contribution in [3.63, 3.8) is 0 Å². The summed E-state index contributed by atoms with van der Waals surface area (Å²) in [6, 6.07) is 0. The molecule has 0 atom stereocenters. The first-order valence-electron chi connectivity index (χ1n) is 5.25. The van der Waals surface area contributed by atoms with Gasteiger partial charge >= 0.3 is 6.18 Å². The molecule has 0 amide bonds. The van der Waals surface area contributed by atoms with Crippen molar-refractivity contribution in [2.24, 2.45) is 0 Å². The van der Waals surface area contributed by atoms with Crippen LogP contribution in [0.5, 0.6) is 0 Å². The van der Waals surface area contributed by atoms with Crippen molar-refractivity contribution in [2.45, 2.75) is 37.9 Å². The minimum absolute atomic E-state index is 0.0354. The van der Waals surface area contributed by atoms with Gasteiger partial charge in [0, 0.05) is 12.3 Å². The second-order valence-corrected chi connectivity index (χ2v) is 6.46. The number of hydrogen-bond donors (Lipinski definition) is 1. The molecule has 1 saturated carbocycles. The van der Waals surface area contributed by atoms with Crippen molar-refractivity contribution in [1.82, 2.24) is 5.32 Å². The number of rotatable bonds is 6. The highest BCUT2D eigenvalue weighted by molar-refractivity contribution is 7.91. The largest absolute Gasteiger partial charge is 0.406 e. The third-order valence-corrected chi connectivity index (χ3v) is 4.54. The normalized spacial score (nSPS) is 19.8. The van der Waals surface area contributed by atoms with Gasteiger partial charge in [0.15, 0.2) is 9.84 Å². The first kappa shape index (κ1) is 13.8. The van der Waals surface area contributed by atoms with E-state index in [2.05, 4.69) is 5.32 Å². The summed E-state index contributed by atoms with van der Waals surface area (Å²) in [4.78, 5) is 0. The van der Waals surface area contributed by atoms with E-state index in [0.717, 1.165) is 0 Å². The van der Waals surface area contributed by atoms with Gasteiger partial charge < -0.3 is 5.32 Å². The van der Waals surface area contributed by atoms with E-state index in [9.17, 15) is 21.6 Å². The summed E-state index contributed by atoms with van der Waals surface area (Å²) in [6.45, 7) is 1.60. The first-order valence-corrected chi connectivity index (χ1v) is 7.07. The molecule has 0 aromatic rings. The van der Waals surface area contributed by atoms with Crippen LogP contribution in [0.1, 0.15) is 26.2 Å². The van der Waals surface area contributed by atoms with Crippen LogP contribution < -0.4 is 5.32 Å². The molecule has 0 aliphatic heterocycles. The number of hydrogen-bond acceptors (Lipinski definition) is 3. The monoisotopic (exact) mass is 259 g/mol. The lowest BCUT2D eigenvalue weighted by molar-refractivity contribution is -0.165. The van der Waals surface area contributed by atoms with Crippen molar-refractivity contribution in [1.29, 1.82) is 0 Å². The van der Waals surface area contributed by atoms with Crippen LogP contribution in [-0.2, 0) is 9.84 Å². The standard InChI is InChI=1S/C9H16F3NO2S/c1-2-6-16(14,15)7-5-13-8(3-4-8)9(10,11)12/h13H,2-7H2,1H3. The molecular formula is C9H16F3NO2S. The average molecular weight is 259 g/mol. The smallest absolute Gasteiger partial charge is 0.303 e. The second-order valence-electron chi connectivity index (χ2n) is 4.16. The van der Waals surface area contributed by atoms with Crippen LogP contribution in [-0.4, -0.2) is 38.2 Å². The van der Waals surface area contributed by atoms with Crippen LogP contribution in [0.4, 0.5) is 13.2 Å². The Morgan fingerprint density at radius 1 is 1.25 bits per heavy atom. The molecule has 0 radical (unpaired) electrons. The number of halogens is 3. The minimum Gasteiger partial charge on any atom is -0.303 e. The Morgan fingerprint density at radius 2 is 1.81 bits per heavy atom. The van der Waals surface area contributed by atoms with Gasteiger partial charge in [-0.05, 0) is 19.3 Å². The van der Waals surface area contributed by atoms with E-state index >= 15 is 0 Å². The zero-order valence-corrected chi connectivity index (χ0v) is 9.92. The molecule has 0 aromatic carbocycles. The predicted molar refractivity (Wildman–Crippen MR) is 55.0 cm³/mol. The highest BCUT2D eigenvalue weighted by atomic mass is 32.2. The number of alkyl halides is 3. The van der Waals surface area contributed by atoms with Crippen molar-refractivity contribution in [2.75, 3.05) is 18.1 Å².